The Balaban J connectivity index is 2.08. The minimum Gasteiger partial charge on any atom is -0.494 e. The van der Waals surface area contributed by atoms with Gasteiger partial charge in [-0.15, -0.1) is 0 Å². The van der Waals surface area contributed by atoms with Crippen LogP contribution in [0, 0.1) is 0 Å². The normalized spacial score (nSPS) is 11.5. The van der Waals surface area contributed by atoms with Crippen molar-refractivity contribution >= 4 is 8.07 Å². The molecule has 0 bridgehead atoms. The molecule has 2 heteroatoms. The van der Waals surface area contributed by atoms with Gasteiger partial charge in [-0.1, -0.05) is 69.6 Å². The number of unbranched alkanes of at least 4 members (excludes halogenated alkanes) is 2. The maximum atomic E-state index is 5.72. The van der Waals surface area contributed by atoms with Crippen LogP contribution >= 0.6 is 0 Å². The van der Waals surface area contributed by atoms with Crippen molar-refractivity contribution in [3.05, 3.63) is 30.3 Å². The van der Waals surface area contributed by atoms with Gasteiger partial charge in [-0.05, 0) is 18.6 Å². The molecule has 0 aliphatic rings. The Hall–Kier alpha value is -0.763. The van der Waals surface area contributed by atoms with E-state index in [-0.39, 0.29) is 0 Å². The molecule has 1 aromatic rings. The lowest BCUT2D eigenvalue weighted by atomic mass is 10.3. The first-order valence-corrected chi connectivity index (χ1v) is 10.7. The van der Waals surface area contributed by atoms with Gasteiger partial charge in [0.05, 0.1) is 6.61 Å². The molecule has 0 atom stereocenters. The molecule has 1 aromatic carbocycles. The van der Waals surface area contributed by atoms with Crippen LogP contribution in [-0.2, 0) is 0 Å². The first kappa shape index (κ1) is 15.3. The molecule has 0 fully saturated rings. The predicted molar refractivity (Wildman–Crippen MR) is 83.2 cm³/mol. The van der Waals surface area contributed by atoms with Gasteiger partial charge in [-0.2, -0.15) is 0 Å². The summed E-state index contributed by atoms with van der Waals surface area (Å²) in [6, 6.07) is 13.1. The zero-order valence-electron chi connectivity index (χ0n) is 12.2. The van der Waals surface area contributed by atoms with Gasteiger partial charge in [-0.3, -0.25) is 0 Å². The van der Waals surface area contributed by atoms with Crippen LogP contribution in [0.15, 0.2) is 30.3 Å². The van der Waals surface area contributed by atoms with Gasteiger partial charge in [0.2, 0.25) is 0 Å². The van der Waals surface area contributed by atoms with Crippen LogP contribution in [0.2, 0.25) is 25.2 Å². The highest BCUT2D eigenvalue weighted by atomic mass is 28.3. The summed E-state index contributed by atoms with van der Waals surface area (Å²) < 4.78 is 5.72. The van der Waals surface area contributed by atoms with Crippen LogP contribution < -0.4 is 4.74 Å². The smallest absolute Gasteiger partial charge is 0.119 e. The van der Waals surface area contributed by atoms with Crippen molar-refractivity contribution in [1.82, 2.24) is 0 Å². The van der Waals surface area contributed by atoms with E-state index < -0.39 is 8.07 Å². The van der Waals surface area contributed by atoms with Gasteiger partial charge < -0.3 is 4.74 Å². The van der Waals surface area contributed by atoms with Crippen LogP contribution in [0.5, 0.6) is 5.75 Å². The summed E-state index contributed by atoms with van der Waals surface area (Å²) in [6.45, 7) is 8.21. The lowest BCUT2D eigenvalue weighted by Gasteiger charge is -2.21. The Bertz CT molecular complexity index is 308. The van der Waals surface area contributed by atoms with Gasteiger partial charge in [0.1, 0.15) is 5.75 Å². The summed E-state index contributed by atoms with van der Waals surface area (Å²) in [5.74, 6) is 1.000. The molecule has 102 valence electrons. The van der Waals surface area contributed by atoms with Crippen molar-refractivity contribution in [1.29, 1.82) is 0 Å². The number of benzene rings is 1. The van der Waals surface area contributed by atoms with Crippen LogP contribution in [-0.4, -0.2) is 14.7 Å². The summed E-state index contributed by atoms with van der Waals surface area (Å²) in [6.07, 6.45) is 5.28. The lowest BCUT2D eigenvalue weighted by molar-refractivity contribution is 0.309. The zero-order valence-corrected chi connectivity index (χ0v) is 13.2. The predicted octanol–water partition coefficient (Wildman–Crippen LogP) is 5.35. The van der Waals surface area contributed by atoms with E-state index in [0.717, 1.165) is 12.4 Å². The first-order valence-electron chi connectivity index (χ1n) is 7.32. The number of ether oxygens (including phenoxy) is 1. The molecule has 1 nitrogen and oxygen atoms in total. The fourth-order valence-corrected chi connectivity index (χ4v) is 4.96. The van der Waals surface area contributed by atoms with E-state index in [0.29, 0.717) is 0 Å². The standard InChI is InChI=1S/C16H28OSi/c1-4-5-14-18(2,3)15-10-9-13-17-16-11-7-6-8-12-16/h6-8,11-12H,4-5,9-10,13-15H2,1-3H3. The first-order chi connectivity index (χ1) is 8.64. The highest BCUT2D eigenvalue weighted by Crippen LogP contribution is 2.21. The van der Waals surface area contributed by atoms with Gasteiger partial charge in [-0.25, -0.2) is 0 Å². The summed E-state index contributed by atoms with van der Waals surface area (Å²) in [5, 5.41) is 0. The van der Waals surface area contributed by atoms with Gasteiger partial charge in [0.15, 0.2) is 0 Å². The molecule has 0 aromatic heterocycles. The zero-order chi connectivity index (χ0) is 13.3. The molecule has 0 unspecified atom stereocenters. The Morgan fingerprint density at radius 1 is 0.944 bits per heavy atom. The summed E-state index contributed by atoms with van der Waals surface area (Å²) in [4.78, 5) is 0. The molecule has 0 aliphatic carbocycles. The SMILES string of the molecule is CCCC[Si](C)(C)CCCCOc1ccccc1. The summed E-state index contributed by atoms with van der Waals surface area (Å²) in [7, 11) is -0.909. The third-order valence-electron chi connectivity index (χ3n) is 3.47. The quantitative estimate of drug-likeness (QED) is 0.431. The molecule has 0 saturated carbocycles. The molecular formula is C16H28OSi. The summed E-state index contributed by atoms with van der Waals surface area (Å²) >= 11 is 0. The maximum absolute atomic E-state index is 5.72. The van der Waals surface area contributed by atoms with Gasteiger partial charge in [0, 0.05) is 8.07 Å². The molecule has 0 N–H and O–H groups in total. The summed E-state index contributed by atoms with van der Waals surface area (Å²) in [5.41, 5.74) is 0. The number of rotatable bonds is 9. The Kier molecular flexibility index (Phi) is 7.10. The molecular weight excluding hydrogens is 236 g/mol. The average molecular weight is 264 g/mol. The Labute approximate surface area is 114 Å². The Morgan fingerprint density at radius 3 is 2.28 bits per heavy atom. The van der Waals surface area contributed by atoms with E-state index in [4.69, 9.17) is 4.74 Å². The topological polar surface area (TPSA) is 9.23 Å². The molecule has 0 aliphatic heterocycles. The van der Waals surface area contributed by atoms with Gasteiger partial charge >= 0.3 is 0 Å². The van der Waals surface area contributed by atoms with Crippen LogP contribution in [0.1, 0.15) is 32.6 Å². The Morgan fingerprint density at radius 2 is 1.61 bits per heavy atom. The van der Waals surface area contributed by atoms with E-state index in [1.54, 1.807) is 0 Å². The number of hydrogen-bond acceptors (Lipinski definition) is 1. The molecule has 18 heavy (non-hydrogen) atoms. The minimum absolute atomic E-state index is 0.863. The van der Waals surface area contributed by atoms with Crippen molar-refractivity contribution in [3.63, 3.8) is 0 Å². The number of hydrogen-bond donors (Lipinski definition) is 0. The van der Waals surface area contributed by atoms with Crippen LogP contribution in [0.25, 0.3) is 0 Å². The lowest BCUT2D eigenvalue weighted by Crippen LogP contribution is -2.24. The third-order valence-corrected chi connectivity index (χ3v) is 6.88. The van der Waals surface area contributed by atoms with Crippen molar-refractivity contribution in [2.75, 3.05) is 6.61 Å². The van der Waals surface area contributed by atoms with Crippen molar-refractivity contribution in [2.45, 2.75) is 57.8 Å². The van der Waals surface area contributed by atoms with E-state index in [2.05, 4.69) is 20.0 Å². The third kappa shape index (κ3) is 6.85. The maximum Gasteiger partial charge on any atom is 0.119 e. The number of para-hydroxylation sites is 1. The fraction of sp³-hybridized carbons (Fsp3) is 0.625. The second kappa shape index (κ2) is 8.36. The highest BCUT2D eigenvalue weighted by Gasteiger charge is 2.18. The second-order valence-corrected chi connectivity index (χ2v) is 11.2. The minimum atomic E-state index is -0.909. The molecule has 0 radical (unpaired) electrons. The van der Waals surface area contributed by atoms with E-state index in [1.165, 1.54) is 37.8 Å². The fourth-order valence-electron chi connectivity index (χ4n) is 2.19. The molecule has 0 spiro atoms. The second-order valence-electron chi connectivity index (χ2n) is 5.89. The van der Waals surface area contributed by atoms with E-state index >= 15 is 0 Å². The monoisotopic (exact) mass is 264 g/mol. The largest absolute Gasteiger partial charge is 0.494 e. The van der Waals surface area contributed by atoms with Crippen LogP contribution in [0.3, 0.4) is 0 Å². The molecule has 0 saturated heterocycles. The molecule has 1 rings (SSSR count). The molecule has 0 heterocycles. The van der Waals surface area contributed by atoms with Crippen LogP contribution in [0.4, 0.5) is 0 Å². The van der Waals surface area contributed by atoms with E-state index in [1.807, 2.05) is 30.3 Å². The van der Waals surface area contributed by atoms with Crippen molar-refractivity contribution in [2.24, 2.45) is 0 Å². The van der Waals surface area contributed by atoms with Crippen molar-refractivity contribution in [3.8, 4) is 5.75 Å². The average Bonchev–Trinajstić information content (AvgIpc) is 2.37. The van der Waals surface area contributed by atoms with Gasteiger partial charge in [0.25, 0.3) is 0 Å². The van der Waals surface area contributed by atoms with Crippen molar-refractivity contribution < 1.29 is 4.74 Å². The van der Waals surface area contributed by atoms with E-state index in [9.17, 15) is 0 Å². The highest BCUT2D eigenvalue weighted by molar-refractivity contribution is 6.77. The molecule has 0 amide bonds.